The molecule has 0 saturated carbocycles. The van der Waals surface area contributed by atoms with E-state index < -0.39 is 17.8 Å². The van der Waals surface area contributed by atoms with Crippen LogP contribution in [0.3, 0.4) is 0 Å². The molecular weight excluding hydrogens is 326 g/mol. The van der Waals surface area contributed by atoms with Crippen LogP contribution in [-0.2, 0) is 20.8 Å². The number of carbonyl (C=O) groups is 2. The second-order valence-corrected chi connectivity index (χ2v) is 6.87. The molecule has 2 heterocycles. The summed E-state index contributed by atoms with van der Waals surface area (Å²) in [4.78, 5) is 25.0. The monoisotopic (exact) mass is 351 g/mol. The number of β-amino-alcohol motifs (C(OH)–C–C–N with tert-alkyl or cyclic N) is 1. The molecule has 1 aromatic rings. The molecule has 1 saturated heterocycles. The van der Waals surface area contributed by atoms with E-state index in [-0.39, 0.29) is 19.1 Å². The Balaban J connectivity index is 2.00. The number of carbonyl (C=O) groups excluding carboxylic acids is 2. The first-order valence-corrected chi connectivity index (χ1v) is 8.22. The minimum absolute atomic E-state index is 0.0313. The number of aromatic nitrogens is 2. The van der Waals surface area contributed by atoms with Crippen LogP contribution in [0.4, 0.5) is 4.79 Å². The van der Waals surface area contributed by atoms with E-state index in [0.717, 1.165) is 5.56 Å². The summed E-state index contributed by atoms with van der Waals surface area (Å²) in [6.07, 6.45) is 3.85. The van der Waals surface area contributed by atoms with Crippen LogP contribution in [0.5, 0.6) is 0 Å². The number of amides is 1. The lowest BCUT2D eigenvalue weighted by atomic mass is 10.1. The Kier molecular flexibility index (Phi) is 5.84. The van der Waals surface area contributed by atoms with Gasteiger partial charge in [0.05, 0.1) is 25.5 Å². The van der Waals surface area contributed by atoms with Crippen LogP contribution in [0.1, 0.15) is 33.3 Å². The van der Waals surface area contributed by atoms with Crippen molar-refractivity contribution >= 4 is 18.1 Å². The van der Waals surface area contributed by atoms with Crippen molar-refractivity contribution in [1.29, 1.82) is 0 Å². The SMILES string of the molecule is CCOC(=O)Cn1cc(C=C2CN(C(=O)OC(C)(C)C)CC2O)cn1. The van der Waals surface area contributed by atoms with Crippen LogP contribution in [0.25, 0.3) is 6.08 Å². The first-order valence-electron chi connectivity index (χ1n) is 8.22. The fraction of sp³-hybridized carbons (Fsp3) is 0.588. The van der Waals surface area contributed by atoms with E-state index >= 15 is 0 Å². The molecule has 2 rings (SSSR count). The molecule has 1 aliphatic heterocycles. The lowest BCUT2D eigenvalue weighted by Crippen LogP contribution is -2.35. The predicted octanol–water partition coefficient (Wildman–Crippen LogP) is 1.44. The molecule has 0 spiro atoms. The predicted molar refractivity (Wildman–Crippen MR) is 90.7 cm³/mol. The largest absolute Gasteiger partial charge is 0.465 e. The molecule has 1 unspecified atom stereocenters. The zero-order valence-corrected chi connectivity index (χ0v) is 15.1. The molecule has 138 valence electrons. The van der Waals surface area contributed by atoms with Crippen molar-refractivity contribution in [1.82, 2.24) is 14.7 Å². The first-order chi connectivity index (χ1) is 11.7. The minimum atomic E-state index is -0.749. The van der Waals surface area contributed by atoms with E-state index in [9.17, 15) is 14.7 Å². The van der Waals surface area contributed by atoms with Crippen LogP contribution in [0.2, 0.25) is 0 Å². The Bertz CT molecular complexity index is 659. The molecule has 1 aromatic heterocycles. The fourth-order valence-electron chi connectivity index (χ4n) is 2.42. The van der Waals surface area contributed by atoms with Crippen LogP contribution >= 0.6 is 0 Å². The molecule has 0 aromatic carbocycles. The molecule has 1 atom stereocenters. The molecule has 0 aliphatic carbocycles. The Morgan fingerprint density at radius 2 is 2.16 bits per heavy atom. The number of aliphatic hydroxyl groups is 1. The Hall–Kier alpha value is -2.35. The highest BCUT2D eigenvalue weighted by atomic mass is 16.6. The van der Waals surface area contributed by atoms with Crippen molar-refractivity contribution in [2.75, 3.05) is 19.7 Å². The number of hydrogen-bond donors (Lipinski definition) is 1. The number of likely N-dealkylation sites (tertiary alicyclic amines) is 1. The topological polar surface area (TPSA) is 93.9 Å². The fourth-order valence-corrected chi connectivity index (χ4v) is 2.42. The lowest BCUT2D eigenvalue weighted by molar-refractivity contribution is -0.144. The van der Waals surface area contributed by atoms with E-state index in [4.69, 9.17) is 9.47 Å². The van der Waals surface area contributed by atoms with E-state index in [1.807, 2.05) is 0 Å². The highest BCUT2D eigenvalue weighted by molar-refractivity contribution is 5.71. The number of aliphatic hydroxyl groups excluding tert-OH is 1. The first kappa shape index (κ1) is 19.0. The number of nitrogens with zero attached hydrogens (tertiary/aromatic N) is 3. The molecule has 0 bridgehead atoms. The second-order valence-electron chi connectivity index (χ2n) is 6.87. The van der Waals surface area contributed by atoms with Crippen molar-refractivity contribution in [3.8, 4) is 0 Å². The molecule has 1 fully saturated rings. The lowest BCUT2D eigenvalue weighted by Gasteiger charge is -2.23. The van der Waals surface area contributed by atoms with E-state index in [1.165, 1.54) is 9.58 Å². The number of ether oxygens (including phenoxy) is 2. The van der Waals surface area contributed by atoms with Gasteiger partial charge in [-0.05, 0) is 39.3 Å². The van der Waals surface area contributed by atoms with Crippen molar-refractivity contribution in [3.05, 3.63) is 23.5 Å². The summed E-state index contributed by atoms with van der Waals surface area (Å²) in [6, 6.07) is 0. The Morgan fingerprint density at radius 3 is 2.80 bits per heavy atom. The van der Waals surface area contributed by atoms with Gasteiger partial charge in [-0.25, -0.2) is 4.79 Å². The third-order valence-corrected chi connectivity index (χ3v) is 3.45. The Labute approximate surface area is 147 Å². The maximum Gasteiger partial charge on any atom is 0.410 e. The summed E-state index contributed by atoms with van der Waals surface area (Å²) < 4.78 is 11.7. The average Bonchev–Trinajstić information content (AvgIpc) is 3.05. The van der Waals surface area contributed by atoms with Gasteiger partial charge >= 0.3 is 12.1 Å². The van der Waals surface area contributed by atoms with Gasteiger partial charge in [-0.2, -0.15) is 5.10 Å². The number of hydrogen-bond acceptors (Lipinski definition) is 6. The molecule has 1 N–H and O–H groups in total. The summed E-state index contributed by atoms with van der Waals surface area (Å²) in [5, 5.41) is 14.3. The average molecular weight is 351 g/mol. The van der Waals surface area contributed by atoms with Crippen molar-refractivity contribution < 1.29 is 24.2 Å². The number of rotatable bonds is 4. The third kappa shape index (κ3) is 5.60. The highest BCUT2D eigenvalue weighted by Gasteiger charge is 2.32. The van der Waals surface area contributed by atoms with Gasteiger partial charge in [0.1, 0.15) is 12.1 Å². The quantitative estimate of drug-likeness (QED) is 0.825. The van der Waals surface area contributed by atoms with E-state index in [1.54, 1.807) is 46.2 Å². The van der Waals surface area contributed by atoms with Gasteiger partial charge in [-0.3, -0.25) is 9.48 Å². The third-order valence-electron chi connectivity index (χ3n) is 3.45. The van der Waals surface area contributed by atoms with Crippen LogP contribution in [0.15, 0.2) is 18.0 Å². The van der Waals surface area contributed by atoms with Crippen LogP contribution in [-0.4, -0.2) is 63.3 Å². The van der Waals surface area contributed by atoms with Crippen LogP contribution < -0.4 is 0 Å². The van der Waals surface area contributed by atoms with Gasteiger partial charge in [0, 0.05) is 18.3 Å². The summed E-state index contributed by atoms with van der Waals surface area (Å²) in [5.41, 5.74) is 0.855. The zero-order chi connectivity index (χ0) is 18.6. The molecule has 0 radical (unpaired) electrons. The van der Waals surface area contributed by atoms with Crippen molar-refractivity contribution in [3.63, 3.8) is 0 Å². The maximum atomic E-state index is 12.1. The molecule has 1 amide bonds. The van der Waals surface area contributed by atoms with Crippen LogP contribution in [0, 0.1) is 0 Å². The molecule has 1 aliphatic rings. The van der Waals surface area contributed by atoms with Crippen molar-refractivity contribution in [2.45, 2.75) is 45.9 Å². The molecule has 8 heteroatoms. The number of esters is 1. The highest BCUT2D eigenvalue weighted by Crippen LogP contribution is 2.21. The van der Waals surface area contributed by atoms with Gasteiger partial charge in [-0.15, -0.1) is 0 Å². The minimum Gasteiger partial charge on any atom is -0.465 e. The van der Waals surface area contributed by atoms with Gasteiger partial charge in [0.25, 0.3) is 0 Å². The second kappa shape index (κ2) is 7.69. The summed E-state index contributed by atoms with van der Waals surface area (Å²) in [7, 11) is 0. The smallest absolute Gasteiger partial charge is 0.410 e. The maximum absolute atomic E-state index is 12.1. The Morgan fingerprint density at radius 1 is 1.44 bits per heavy atom. The van der Waals surface area contributed by atoms with Crippen molar-refractivity contribution in [2.24, 2.45) is 0 Å². The van der Waals surface area contributed by atoms with Gasteiger partial charge in [0.2, 0.25) is 0 Å². The molecular formula is C17H25N3O5. The van der Waals surface area contributed by atoms with E-state index in [2.05, 4.69) is 5.10 Å². The standard InChI is InChI=1S/C17H25N3O5/c1-5-24-15(22)11-20-8-12(7-18-20)6-13-9-19(10-14(13)21)16(23)25-17(2,3)4/h6-8,14,21H,5,9-11H2,1-4H3. The summed E-state index contributed by atoms with van der Waals surface area (Å²) >= 11 is 0. The van der Waals surface area contributed by atoms with Gasteiger partial charge < -0.3 is 19.5 Å². The van der Waals surface area contributed by atoms with E-state index in [0.29, 0.717) is 18.7 Å². The molecule has 25 heavy (non-hydrogen) atoms. The van der Waals surface area contributed by atoms with Gasteiger partial charge in [-0.1, -0.05) is 0 Å². The normalized spacial score (nSPS) is 19.3. The molecule has 8 nitrogen and oxygen atoms in total. The summed E-state index contributed by atoms with van der Waals surface area (Å²) in [6.45, 7) is 7.98. The summed E-state index contributed by atoms with van der Waals surface area (Å²) in [5.74, 6) is -0.359. The van der Waals surface area contributed by atoms with Gasteiger partial charge in [0.15, 0.2) is 0 Å². The zero-order valence-electron chi connectivity index (χ0n) is 15.1.